The van der Waals surface area contributed by atoms with Crippen molar-refractivity contribution in [1.29, 1.82) is 0 Å². The van der Waals surface area contributed by atoms with Crippen molar-refractivity contribution in [3.63, 3.8) is 0 Å². The molecule has 0 atom stereocenters. The van der Waals surface area contributed by atoms with Crippen molar-refractivity contribution < 1.29 is 19.5 Å². The molecule has 0 aromatic carbocycles. The van der Waals surface area contributed by atoms with Gasteiger partial charge in [-0.2, -0.15) is 0 Å². The van der Waals surface area contributed by atoms with Gasteiger partial charge in [0.15, 0.2) is 0 Å². The molecule has 13 heavy (non-hydrogen) atoms. The molecule has 0 aromatic heterocycles. The first-order valence-corrected chi connectivity index (χ1v) is 6.44. The van der Waals surface area contributed by atoms with Gasteiger partial charge in [0, 0.05) is 31.0 Å². The number of thiocarbonyl (C=S) groups is 1. The number of hydrogen-bond acceptors (Lipinski definition) is 3. The second-order valence-electron chi connectivity index (χ2n) is 1.48. The second kappa shape index (κ2) is 18.8. The van der Waals surface area contributed by atoms with Crippen LogP contribution in [0.3, 0.4) is 0 Å². The van der Waals surface area contributed by atoms with Crippen LogP contribution in [0.1, 0.15) is 0 Å². The molecule has 0 unspecified atom stereocenters. The minimum atomic E-state index is 0. The van der Waals surface area contributed by atoms with E-state index in [0.717, 1.165) is 11.5 Å². The van der Waals surface area contributed by atoms with Crippen LogP contribution in [0.2, 0.25) is 0 Å². The van der Waals surface area contributed by atoms with Crippen LogP contribution in [-0.2, 0) is 19.5 Å². The van der Waals surface area contributed by atoms with E-state index in [-0.39, 0.29) is 23.8 Å². The molecule has 0 bridgehead atoms. The molecule has 6 heteroatoms. The number of hydrogen-bond donors (Lipinski definition) is 2. The van der Waals surface area contributed by atoms with Crippen molar-refractivity contribution in [3.8, 4) is 0 Å². The first-order valence-electron chi connectivity index (χ1n) is 3.09. The molecule has 72 valence electrons. The third-order valence-corrected chi connectivity index (χ3v) is 2.68. The average molecular weight is 305 g/mol. The summed E-state index contributed by atoms with van der Waals surface area (Å²) in [6.45, 7) is 7.20. The standard InChI is InChI=1S/C6H10S2.CH3NS2.Zn/c1-3-5-7-8-6-4-2;2-1(3)4;/h3-4H,1-2,5-6H2;(H3,2,3,4);. The van der Waals surface area contributed by atoms with Gasteiger partial charge >= 0.3 is 0 Å². The minimum absolute atomic E-state index is 0. The Morgan fingerprint density at radius 3 is 1.69 bits per heavy atom. The Morgan fingerprint density at radius 2 is 1.54 bits per heavy atom. The molecule has 0 aromatic rings. The SMILES string of the molecule is C=CCSSCC=C.NC(=S)S.[Zn]. The first-order chi connectivity index (χ1) is 5.65. The zero-order chi connectivity index (χ0) is 9.82. The van der Waals surface area contributed by atoms with Crippen molar-refractivity contribution in [2.24, 2.45) is 5.73 Å². The monoisotopic (exact) mass is 303 g/mol. The Kier molecular flexibility index (Phi) is 28.3. The van der Waals surface area contributed by atoms with E-state index in [1.165, 1.54) is 0 Å². The van der Waals surface area contributed by atoms with Crippen LogP contribution in [0.4, 0.5) is 0 Å². The Morgan fingerprint density at radius 1 is 1.31 bits per heavy atom. The predicted molar refractivity (Wildman–Crippen MR) is 71.1 cm³/mol. The van der Waals surface area contributed by atoms with Crippen molar-refractivity contribution in [2.45, 2.75) is 0 Å². The summed E-state index contributed by atoms with van der Waals surface area (Å²) < 4.78 is 0.194. The van der Waals surface area contributed by atoms with Gasteiger partial charge in [-0.15, -0.1) is 25.8 Å². The van der Waals surface area contributed by atoms with Crippen LogP contribution in [-0.4, -0.2) is 15.8 Å². The van der Waals surface area contributed by atoms with E-state index >= 15 is 0 Å². The van der Waals surface area contributed by atoms with Crippen LogP contribution in [0.25, 0.3) is 0 Å². The predicted octanol–water partition coefficient (Wildman–Crippen LogP) is 2.90. The quantitative estimate of drug-likeness (QED) is 0.204. The summed E-state index contributed by atoms with van der Waals surface area (Å²) in [6, 6.07) is 0. The Balaban J connectivity index is -0.000000173. The normalized spacial score (nSPS) is 7.15. The van der Waals surface area contributed by atoms with E-state index in [2.05, 4.69) is 38.0 Å². The smallest absolute Gasteiger partial charge is 0.128 e. The summed E-state index contributed by atoms with van der Waals surface area (Å²) in [5.41, 5.74) is 4.71. The van der Waals surface area contributed by atoms with Gasteiger partial charge in [-0.1, -0.05) is 46.0 Å². The Hall–Kier alpha value is 1.04. The second-order valence-corrected chi connectivity index (χ2v) is 5.26. The van der Waals surface area contributed by atoms with Crippen LogP contribution < -0.4 is 5.73 Å². The maximum atomic E-state index is 4.71. The average Bonchev–Trinajstić information content (AvgIpc) is 1.97. The molecule has 0 rings (SSSR count). The molecule has 0 aliphatic rings. The van der Waals surface area contributed by atoms with Crippen LogP contribution in [0, 0.1) is 0 Å². The van der Waals surface area contributed by atoms with E-state index < -0.39 is 0 Å². The third-order valence-electron chi connectivity index (χ3n) is 0.455. The molecule has 0 aliphatic carbocycles. The summed E-state index contributed by atoms with van der Waals surface area (Å²) in [4.78, 5) is 0. The van der Waals surface area contributed by atoms with E-state index in [1.807, 2.05) is 12.2 Å². The Labute approximate surface area is 112 Å². The molecular weight excluding hydrogens is 292 g/mol. The van der Waals surface area contributed by atoms with Gasteiger partial charge in [-0.25, -0.2) is 0 Å². The molecule has 0 saturated heterocycles. The maximum Gasteiger partial charge on any atom is 0.128 e. The van der Waals surface area contributed by atoms with E-state index in [1.54, 1.807) is 21.6 Å². The summed E-state index contributed by atoms with van der Waals surface area (Å²) in [5.74, 6) is 2.05. The van der Waals surface area contributed by atoms with Gasteiger partial charge < -0.3 is 5.73 Å². The number of rotatable bonds is 5. The molecule has 0 aliphatic heterocycles. The first kappa shape index (κ1) is 19.6. The van der Waals surface area contributed by atoms with E-state index in [4.69, 9.17) is 5.73 Å². The zero-order valence-corrected chi connectivity index (χ0v) is 13.8. The van der Waals surface area contributed by atoms with Gasteiger partial charge in [0.1, 0.15) is 4.32 Å². The molecule has 1 nitrogen and oxygen atoms in total. The van der Waals surface area contributed by atoms with Crippen molar-refractivity contribution >= 4 is 50.8 Å². The minimum Gasteiger partial charge on any atom is -0.385 e. The van der Waals surface area contributed by atoms with E-state index in [9.17, 15) is 0 Å². The fraction of sp³-hybridized carbons (Fsp3) is 0.286. The summed E-state index contributed by atoms with van der Waals surface area (Å²) in [6.07, 6.45) is 3.81. The topological polar surface area (TPSA) is 26.0 Å². The fourth-order valence-electron chi connectivity index (χ4n) is 0.192. The Bertz CT molecular complexity index is 126. The van der Waals surface area contributed by atoms with Crippen LogP contribution in [0.15, 0.2) is 25.3 Å². The van der Waals surface area contributed by atoms with Gasteiger partial charge in [0.25, 0.3) is 0 Å². The maximum absolute atomic E-state index is 4.71. The zero-order valence-electron chi connectivity index (χ0n) is 7.44. The fourth-order valence-corrected chi connectivity index (χ4v) is 1.73. The van der Waals surface area contributed by atoms with Gasteiger partial charge in [-0.3, -0.25) is 0 Å². The van der Waals surface area contributed by atoms with Gasteiger partial charge in [-0.05, 0) is 0 Å². The third kappa shape index (κ3) is 43.6. The summed E-state index contributed by atoms with van der Waals surface area (Å²) in [5, 5.41) is 0. The van der Waals surface area contributed by atoms with Gasteiger partial charge in [0.2, 0.25) is 0 Å². The summed E-state index contributed by atoms with van der Waals surface area (Å²) >= 11 is 7.65. The van der Waals surface area contributed by atoms with E-state index in [0.29, 0.717) is 0 Å². The van der Waals surface area contributed by atoms with Crippen LogP contribution in [0.5, 0.6) is 0 Å². The number of thiol groups is 1. The van der Waals surface area contributed by atoms with Crippen molar-refractivity contribution in [3.05, 3.63) is 25.3 Å². The molecular formula is C7H13NS4Zn. The van der Waals surface area contributed by atoms with Crippen LogP contribution >= 0.6 is 46.4 Å². The molecule has 0 saturated carbocycles. The van der Waals surface area contributed by atoms with Crippen molar-refractivity contribution in [2.75, 3.05) is 11.5 Å². The van der Waals surface area contributed by atoms with Gasteiger partial charge in [0.05, 0.1) is 0 Å². The molecule has 0 spiro atoms. The molecule has 2 N–H and O–H groups in total. The molecule has 0 heterocycles. The molecule has 0 radical (unpaired) electrons. The molecule has 0 amide bonds. The van der Waals surface area contributed by atoms with Crippen molar-refractivity contribution in [1.82, 2.24) is 0 Å². The number of nitrogens with two attached hydrogens (primary N) is 1. The summed E-state index contributed by atoms with van der Waals surface area (Å²) in [7, 11) is 3.61. The molecule has 0 fully saturated rings. The largest absolute Gasteiger partial charge is 0.385 e.